The summed E-state index contributed by atoms with van der Waals surface area (Å²) in [4.78, 5) is 46.6. The Labute approximate surface area is 190 Å². The van der Waals surface area contributed by atoms with Crippen LogP contribution in [0, 0.1) is 0 Å². The average Bonchev–Trinajstić information content (AvgIpc) is 3.32. The molecule has 2 aliphatic heterocycles. The lowest BCUT2D eigenvalue weighted by molar-refractivity contribution is -0.141. The molecule has 0 atom stereocenters. The van der Waals surface area contributed by atoms with Gasteiger partial charge in [-0.1, -0.05) is 11.3 Å². The summed E-state index contributed by atoms with van der Waals surface area (Å²) in [7, 11) is 1.59. The standard InChI is InChI=1S/C20H24N4O5S.ClH/c1-28-14-2-3-16-15(12-14)21-20(30-16)23(7-6-22-8-10-29-11-9-22)19(27)13-24-17(25)4-5-18(24)26;/h2-3,12H,4-11,13H2,1H3;1H. The van der Waals surface area contributed by atoms with Crippen LogP contribution in [-0.4, -0.2) is 85.6 Å². The summed E-state index contributed by atoms with van der Waals surface area (Å²) in [6, 6.07) is 5.59. The van der Waals surface area contributed by atoms with Crippen LogP contribution < -0.4 is 9.64 Å². The molecule has 2 saturated heterocycles. The monoisotopic (exact) mass is 468 g/mol. The van der Waals surface area contributed by atoms with E-state index in [0.717, 1.165) is 28.2 Å². The van der Waals surface area contributed by atoms with Gasteiger partial charge in [0.05, 0.1) is 30.5 Å². The molecule has 3 amide bonds. The maximum absolute atomic E-state index is 13.1. The van der Waals surface area contributed by atoms with E-state index >= 15 is 0 Å². The molecule has 0 unspecified atom stereocenters. The highest BCUT2D eigenvalue weighted by Gasteiger charge is 2.33. The van der Waals surface area contributed by atoms with Crippen LogP contribution >= 0.6 is 23.7 Å². The number of fused-ring (bicyclic) bond motifs is 1. The number of hydrogen-bond acceptors (Lipinski definition) is 8. The molecular formula is C20H25ClN4O5S. The maximum Gasteiger partial charge on any atom is 0.248 e. The van der Waals surface area contributed by atoms with E-state index in [1.165, 1.54) is 11.3 Å². The number of rotatable bonds is 7. The lowest BCUT2D eigenvalue weighted by Gasteiger charge is -2.29. The Morgan fingerprint density at radius 3 is 2.61 bits per heavy atom. The van der Waals surface area contributed by atoms with Crippen molar-refractivity contribution in [2.24, 2.45) is 0 Å². The summed E-state index contributed by atoms with van der Waals surface area (Å²) >= 11 is 1.41. The third-order valence-electron chi connectivity index (χ3n) is 5.31. The summed E-state index contributed by atoms with van der Waals surface area (Å²) in [5.41, 5.74) is 0.742. The van der Waals surface area contributed by atoms with Crippen molar-refractivity contribution in [3.05, 3.63) is 18.2 Å². The van der Waals surface area contributed by atoms with Crippen LogP contribution in [-0.2, 0) is 19.1 Å². The van der Waals surface area contributed by atoms with Gasteiger partial charge in [-0.3, -0.25) is 29.1 Å². The van der Waals surface area contributed by atoms with Crippen molar-refractivity contribution < 1.29 is 23.9 Å². The third-order valence-corrected chi connectivity index (χ3v) is 6.37. The van der Waals surface area contributed by atoms with Crippen LogP contribution in [0.25, 0.3) is 10.2 Å². The first-order valence-electron chi connectivity index (χ1n) is 9.93. The molecule has 0 N–H and O–H groups in total. The van der Waals surface area contributed by atoms with Gasteiger partial charge in [-0.2, -0.15) is 0 Å². The molecule has 9 nitrogen and oxygen atoms in total. The highest BCUT2D eigenvalue weighted by atomic mass is 35.5. The number of carbonyl (C=O) groups excluding carboxylic acids is 3. The molecule has 2 fully saturated rings. The number of morpholine rings is 1. The number of amides is 3. The molecular weight excluding hydrogens is 444 g/mol. The predicted molar refractivity (Wildman–Crippen MR) is 119 cm³/mol. The largest absolute Gasteiger partial charge is 0.497 e. The van der Waals surface area contributed by atoms with Crippen molar-refractivity contribution in [1.82, 2.24) is 14.8 Å². The molecule has 0 spiro atoms. The van der Waals surface area contributed by atoms with Gasteiger partial charge in [0, 0.05) is 45.1 Å². The van der Waals surface area contributed by atoms with Crippen molar-refractivity contribution in [2.75, 3.05) is 57.9 Å². The summed E-state index contributed by atoms with van der Waals surface area (Å²) in [5.74, 6) is -0.206. The molecule has 0 saturated carbocycles. The Morgan fingerprint density at radius 1 is 1.23 bits per heavy atom. The minimum atomic E-state index is -0.308. The smallest absolute Gasteiger partial charge is 0.248 e. The molecule has 2 aliphatic rings. The SMILES string of the molecule is COc1ccc2sc(N(CCN3CCOCC3)C(=O)CN3C(=O)CCC3=O)nc2c1.Cl. The van der Waals surface area contributed by atoms with Crippen LogP contribution in [0.1, 0.15) is 12.8 Å². The molecule has 168 valence electrons. The van der Waals surface area contributed by atoms with E-state index in [1.807, 2.05) is 18.2 Å². The molecule has 31 heavy (non-hydrogen) atoms. The Morgan fingerprint density at radius 2 is 1.94 bits per heavy atom. The highest BCUT2D eigenvalue weighted by molar-refractivity contribution is 7.22. The number of ether oxygens (including phenoxy) is 2. The van der Waals surface area contributed by atoms with Crippen LogP contribution in [0.15, 0.2) is 18.2 Å². The minimum Gasteiger partial charge on any atom is -0.497 e. The van der Waals surface area contributed by atoms with Crippen molar-refractivity contribution in [3.8, 4) is 5.75 Å². The second-order valence-corrected chi connectivity index (χ2v) is 8.21. The molecule has 1 aromatic carbocycles. The van der Waals surface area contributed by atoms with E-state index in [2.05, 4.69) is 9.88 Å². The number of aromatic nitrogens is 1. The average molecular weight is 469 g/mol. The zero-order valence-electron chi connectivity index (χ0n) is 17.2. The first kappa shape index (κ1) is 23.4. The summed E-state index contributed by atoms with van der Waals surface area (Å²) in [6.45, 7) is 3.80. The van der Waals surface area contributed by atoms with Crippen molar-refractivity contribution in [1.29, 1.82) is 0 Å². The number of hydrogen-bond donors (Lipinski definition) is 0. The second-order valence-electron chi connectivity index (χ2n) is 7.20. The van der Waals surface area contributed by atoms with Crippen LogP contribution in [0.4, 0.5) is 5.13 Å². The van der Waals surface area contributed by atoms with Gasteiger partial charge in [0.1, 0.15) is 12.3 Å². The fourth-order valence-electron chi connectivity index (χ4n) is 3.55. The number of imide groups is 1. The zero-order valence-corrected chi connectivity index (χ0v) is 18.9. The molecule has 11 heteroatoms. The summed E-state index contributed by atoms with van der Waals surface area (Å²) < 4.78 is 11.6. The van der Waals surface area contributed by atoms with Crippen LogP contribution in [0.5, 0.6) is 5.75 Å². The first-order valence-corrected chi connectivity index (χ1v) is 10.7. The van der Waals surface area contributed by atoms with Crippen molar-refractivity contribution in [3.63, 3.8) is 0 Å². The third kappa shape index (κ3) is 5.32. The topological polar surface area (TPSA) is 92.3 Å². The number of carbonyl (C=O) groups is 3. The number of nitrogens with zero attached hydrogens (tertiary/aromatic N) is 4. The number of anilines is 1. The quantitative estimate of drug-likeness (QED) is 0.569. The number of methoxy groups -OCH3 is 1. The fourth-order valence-corrected chi connectivity index (χ4v) is 4.54. The molecule has 3 heterocycles. The normalized spacial score (nSPS) is 17.1. The zero-order chi connectivity index (χ0) is 21.1. The Hall–Kier alpha value is -2.27. The lowest BCUT2D eigenvalue weighted by Crippen LogP contribution is -2.47. The van der Waals surface area contributed by atoms with Gasteiger partial charge < -0.3 is 9.47 Å². The first-order chi connectivity index (χ1) is 14.5. The van der Waals surface area contributed by atoms with Gasteiger partial charge in [-0.15, -0.1) is 12.4 Å². The van der Waals surface area contributed by atoms with Gasteiger partial charge in [0.25, 0.3) is 0 Å². The van der Waals surface area contributed by atoms with Gasteiger partial charge in [-0.25, -0.2) is 4.98 Å². The molecule has 4 rings (SSSR count). The number of halogens is 1. The molecule has 0 radical (unpaired) electrons. The van der Waals surface area contributed by atoms with Gasteiger partial charge in [0.2, 0.25) is 17.7 Å². The van der Waals surface area contributed by atoms with E-state index in [4.69, 9.17) is 9.47 Å². The minimum absolute atomic E-state index is 0. The number of thiazole rings is 1. The van der Waals surface area contributed by atoms with Crippen molar-refractivity contribution in [2.45, 2.75) is 12.8 Å². The Balaban J connectivity index is 0.00000272. The second kappa shape index (κ2) is 10.4. The van der Waals surface area contributed by atoms with E-state index in [1.54, 1.807) is 12.0 Å². The van der Waals surface area contributed by atoms with E-state index in [9.17, 15) is 14.4 Å². The highest BCUT2D eigenvalue weighted by Crippen LogP contribution is 2.31. The fraction of sp³-hybridized carbons (Fsp3) is 0.500. The maximum atomic E-state index is 13.1. The van der Waals surface area contributed by atoms with Gasteiger partial charge in [-0.05, 0) is 12.1 Å². The van der Waals surface area contributed by atoms with Crippen LogP contribution in [0.2, 0.25) is 0 Å². The van der Waals surface area contributed by atoms with E-state index in [0.29, 0.717) is 37.2 Å². The van der Waals surface area contributed by atoms with Gasteiger partial charge >= 0.3 is 0 Å². The summed E-state index contributed by atoms with van der Waals surface area (Å²) in [5, 5.41) is 0.551. The number of benzene rings is 1. The Kier molecular flexibility index (Phi) is 7.82. The molecule has 0 aliphatic carbocycles. The predicted octanol–water partition coefficient (Wildman–Crippen LogP) is 1.54. The molecule has 2 aromatic rings. The van der Waals surface area contributed by atoms with Gasteiger partial charge in [0.15, 0.2) is 5.13 Å². The molecule has 0 bridgehead atoms. The van der Waals surface area contributed by atoms with E-state index in [-0.39, 0.29) is 49.5 Å². The Bertz CT molecular complexity index is 946. The van der Waals surface area contributed by atoms with Crippen LogP contribution in [0.3, 0.4) is 0 Å². The molecule has 1 aromatic heterocycles. The van der Waals surface area contributed by atoms with E-state index < -0.39 is 0 Å². The summed E-state index contributed by atoms with van der Waals surface area (Å²) in [6.07, 6.45) is 0.335. The lowest BCUT2D eigenvalue weighted by atomic mass is 10.3. The number of likely N-dealkylation sites (tertiary alicyclic amines) is 1. The van der Waals surface area contributed by atoms with Crippen molar-refractivity contribution >= 4 is 56.8 Å².